The van der Waals surface area contributed by atoms with Crippen molar-refractivity contribution in [2.24, 2.45) is 0 Å². The van der Waals surface area contributed by atoms with Gasteiger partial charge in [-0.05, 0) is 33.0 Å². The van der Waals surface area contributed by atoms with Crippen LogP contribution in [0.1, 0.15) is 77.0 Å². The molecule has 1 aliphatic rings. The highest BCUT2D eigenvalue weighted by Crippen LogP contribution is 2.13. The lowest BCUT2D eigenvalue weighted by Gasteiger charge is -2.16. The molecule has 96 valence electrons. The maximum Gasteiger partial charge on any atom is -0.00218 e. The lowest BCUT2D eigenvalue weighted by Crippen LogP contribution is -2.20. The van der Waals surface area contributed by atoms with Crippen molar-refractivity contribution >= 4 is 0 Å². The summed E-state index contributed by atoms with van der Waals surface area (Å²) >= 11 is 0. The summed E-state index contributed by atoms with van der Waals surface area (Å²) in [4.78, 5) is 2.53. The molecule has 1 nitrogen and oxygen atoms in total. The van der Waals surface area contributed by atoms with Gasteiger partial charge in [0.05, 0.1) is 0 Å². The van der Waals surface area contributed by atoms with E-state index in [0.29, 0.717) is 0 Å². The topological polar surface area (TPSA) is 3.24 Å². The molecule has 0 atom stereocenters. The summed E-state index contributed by atoms with van der Waals surface area (Å²) in [7, 11) is 2.29. The normalized spacial score (nSPS) is 24.6. The Morgan fingerprint density at radius 3 is 1.00 bits per heavy atom. The van der Waals surface area contributed by atoms with Gasteiger partial charge in [-0.25, -0.2) is 0 Å². The Labute approximate surface area is 103 Å². The molecule has 0 saturated carbocycles. The van der Waals surface area contributed by atoms with Gasteiger partial charge in [-0.1, -0.05) is 64.2 Å². The standard InChI is InChI=1S/C15H31N/c1-16-14-12-10-8-6-4-2-3-5-7-9-11-13-15-16/h2-15H2,1H3. The van der Waals surface area contributed by atoms with Gasteiger partial charge in [0.2, 0.25) is 0 Å². The summed E-state index contributed by atoms with van der Waals surface area (Å²) < 4.78 is 0. The van der Waals surface area contributed by atoms with E-state index >= 15 is 0 Å². The molecule has 16 heavy (non-hydrogen) atoms. The second-order valence-corrected chi connectivity index (χ2v) is 5.55. The second kappa shape index (κ2) is 10.1. The molecule has 1 heterocycles. The van der Waals surface area contributed by atoms with Gasteiger partial charge in [-0.15, -0.1) is 0 Å². The predicted molar refractivity (Wildman–Crippen MR) is 72.9 cm³/mol. The lowest BCUT2D eigenvalue weighted by atomic mass is 10.1. The molecule has 0 aromatic heterocycles. The van der Waals surface area contributed by atoms with Crippen LogP contribution in [0.4, 0.5) is 0 Å². The van der Waals surface area contributed by atoms with Gasteiger partial charge in [-0.2, -0.15) is 0 Å². The molecule has 1 heteroatoms. The fraction of sp³-hybridized carbons (Fsp3) is 1.00. The zero-order chi connectivity index (χ0) is 11.5. The Bertz CT molecular complexity index is 128. The van der Waals surface area contributed by atoms with Crippen molar-refractivity contribution in [1.82, 2.24) is 4.90 Å². The first kappa shape index (κ1) is 14.0. The van der Waals surface area contributed by atoms with E-state index in [1.807, 2.05) is 0 Å². The quantitative estimate of drug-likeness (QED) is 0.582. The number of hydrogen-bond acceptors (Lipinski definition) is 1. The third kappa shape index (κ3) is 8.15. The van der Waals surface area contributed by atoms with Crippen LogP contribution in [0.3, 0.4) is 0 Å². The predicted octanol–water partition coefficient (Wildman–Crippen LogP) is 4.61. The van der Waals surface area contributed by atoms with Crippen LogP contribution in [0.25, 0.3) is 0 Å². The van der Waals surface area contributed by atoms with Crippen molar-refractivity contribution in [2.75, 3.05) is 20.1 Å². The van der Waals surface area contributed by atoms with Gasteiger partial charge in [0, 0.05) is 0 Å². The average Bonchev–Trinajstić information content (AvgIpc) is 2.29. The molecule has 1 fully saturated rings. The van der Waals surface area contributed by atoms with Crippen LogP contribution >= 0.6 is 0 Å². The van der Waals surface area contributed by atoms with E-state index in [-0.39, 0.29) is 0 Å². The molecule has 1 aliphatic heterocycles. The van der Waals surface area contributed by atoms with Crippen LogP contribution in [-0.2, 0) is 0 Å². The first-order chi connectivity index (χ1) is 7.89. The smallest absolute Gasteiger partial charge is 0.00218 e. The van der Waals surface area contributed by atoms with Crippen molar-refractivity contribution in [3.05, 3.63) is 0 Å². The van der Waals surface area contributed by atoms with Gasteiger partial charge in [0.15, 0.2) is 0 Å². The van der Waals surface area contributed by atoms with Gasteiger partial charge in [0.1, 0.15) is 0 Å². The summed E-state index contributed by atoms with van der Waals surface area (Å²) in [6.07, 6.45) is 17.5. The fourth-order valence-corrected chi connectivity index (χ4v) is 2.64. The zero-order valence-corrected chi connectivity index (χ0v) is 11.3. The van der Waals surface area contributed by atoms with Crippen molar-refractivity contribution in [1.29, 1.82) is 0 Å². The summed E-state index contributed by atoms with van der Waals surface area (Å²) in [5, 5.41) is 0. The van der Waals surface area contributed by atoms with Crippen LogP contribution in [0.2, 0.25) is 0 Å². The molecule has 0 aliphatic carbocycles. The number of nitrogens with zero attached hydrogens (tertiary/aromatic N) is 1. The minimum absolute atomic E-state index is 1.32. The van der Waals surface area contributed by atoms with Crippen molar-refractivity contribution < 1.29 is 0 Å². The molecule has 0 spiro atoms. The first-order valence-electron chi connectivity index (χ1n) is 7.58. The molecule has 0 N–H and O–H groups in total. The zero-order valence-electron chi connectivity index (χ0n) is 11.3. The molecule has 0 bridgehead atoms. The molecular formula is C15H31N. The Morgan fingerprint density at radius 2 is 0.688 bits per heavy atom. The number of rotatable bonds is 0. The van der Waals surface area contributed by atoms with E-state index in [0.717, 1.165) is 0 Å². The molecule has 0 unspecified atom stereocenters. The Morgan fingerprint density at radius 1 is 0.438 bits per heavy atom. The molecular weight excluding hydrogens is 194 g/mol. The molecule has 0 aromatic carbocycles. The van der Waals surface area contributed by atoms with E-state index in [1.54, 1.807) is 0 Å². The monoisotopic (exact) mass is 225 g/mol. The van der Waals surface area contributed by atoms with E-state index in [9.17, 15) is 0 Å². The summed E-state index contributed by atoms with van der Waals surface area (Å²) in [6.45, 7) is 2.64. The molecule has 1 rings (SSSR count). The van der Waals surface area contributed by atoms with E-state index in [1.165, 1.54) is 90.1 Å². The Kier molecular flexibility index (Phi) is 8.88. The summed E-state index contributed by atoms with van der Waals surface area (Å²) in [5.41, 5.74) is 0. The van der Waals surface area contributed by atoms with Gasteiger partial charge >= 0.3 is 0 Å². The number of hydrogen-bond donors (Lipinski definition) is 0. The Hall–Kier alpha value is -0.0400. The summed E-state index contributed by atoms with van der Waals surface area (Å²) in [5.74, 6) is 0. The van der Waals surface area contributed by atoms with Gasteiger partial charge < -0.3 is 4.90 Å². The van der Waals surface area contributed by atoms with E-state index in [4.69, 9.17) is 0 Å². The van der Waals surface area contributed by atoms with Crippen LogP contribution in [0, 0.1) is 0 Å². The molecule has 0 amide bonds. The minimum atomic E-state index is 1.32. The molecule has 0 radical (unpaired) electrons. The Balaban J connectivity index is 2.10. The van der Waals surface area contributed by atoms with E-state index in [2.05, 4.69) is 11.9 Å². The SMILES string of the molecule is CN1CCCCCCCCCCCCCC1. The van der Waals surface area contributed by atoms with Crippen LogP contribution in [-0.4, -0.2) is 25.0 Å². The van der Waals surface area contributed by atoms with Gasteiger partial charge in [0.25, 0.3) is 0 Å². The lowest BCUT2D eigenvalue weighted by molar-refractivity contribution is 0.315. The van der Waals surface area contributed by atoms with E-state index < -0.39 is 0 Å². The van der Waals surface area contributed by atoms with Crippen LogP contribution in [0.5, 0.6) is 0 Å². The molecule has 1 saturated heterocycles. The maximum atomic E-state index is 2.53. The third-order valence-electron chi connectivity index (χ3n) is 3.83. The highest BCUT2D eigenvalue weighted by Gasteiger charge is 2.00. The minimum Gasteiger partial charge on any atom is -0.306 e. The maximum absolute atomic E-state index is 2.53. The fourth-order valence-electron chi connectivity index (χ4n) is 2.64. The first-order valence-corrected chi connectivity index (χ1v) is 7.58. The average molecular weight is 225 g/mol. The van der Waals surface area contributed by atoms with Crippen molar-refractivity contribution in [3.8, 4) is 0 Å². The molecule has 0 aromatic rings. The van der Waals surface area contributed by atoms with Gasteiger partial charge in [-0.3, -0.25) is 0 Å². The highest BCUT2D eigenvalue weighted by molar-refractivity contribution is 4.55. The van der Waals surface area contributed by atoms with Crippen molar-refractivity contribution in [3.63, 3.8) is 0 Å². The highest BCUT2D eigenvalue weighted by atomic mass is 15.1. The van der Waals surface area contributed by atoms with Crippen LogP contribution < -0.4 is 0 Å². The largest absolute Gasteiger partial charge is 0.306 e. The second-order valence-electron chi connectivity index (χ2n) is 5.55. The summed E-state index contributed by atoms with van der Waals surface area (Å²) in [6, 6.07) is 0. The third-order valence-corrected chi connectivity index (χ3v) is 3.83. The van der Waals surface area contributed by atoms with Crippen molar-refractivity contribution in [2.45, 2.75) is 77.0 Å². The van der Waals surface area contributed by atoms with Crippen LogP contribution in [0.15, 0.2) is 0 Å².